The molecule has 1 aliphatic carbocycles. The van der Waals surface area contributed by atoms with Crippen molar-refractivity contribution in [3.05, 3.63) is 0 Å². The predicted molar refractivity (Wildman–Crippen MR) is 55.5 cm³/mol. The Morgan fingerprint density at radius 1 is 1.44 bits per heavy atom. The summed E-state index contributed by atoms with van der Waals surface area (Å²) in [7, 11) is 0. The first-order valence-corrected chi connectivity index (χ1v) is 5.47. The number of carbonyl (C=O) groups is 2. The minimum atomic E-state index is -1.15. The number of alkyl carbamates (subject to hydrolysis) is 1. The molecule has 0 aromatic heterocycles. The fourth-order valence-electron chi connectivity index (χ4n) is 1.47. The van der Waals surface area contributed by atoms with Crippen molar-refractivity contribution in [2.75, 3.05) is 0 Å². The van der Waals surface area contributed by atoms with Crippen LogP contribution in [-0.2, 0) is 9.53 Å². The highest BCUT2D eigenvalue weighted by Crippen LogP contribution is 2.34. The van der Waals surface area contributed by atoms with E-state index in [9.17, 15) is 14.7 Å². The van der Waals surface area contributed by atoms with Crippen molar-refractivity contribution < 1.29 is 19.4 Å². The summed E-state index contributed by atoms with van der Waals surface area (Å²) in [4.78, 5) is 21.9. The van der Waals surface area contributed by atoms with Crippen molar-refractivity contribution in [2.45, 2.75) is 51.7 Å². The van der Waals surface area contributed by atoms with E-state index in [1.807, 2.05) is 0 Å². The molecule has 0 aliphatic heterocycles. The van der Waals surface area contributed by atoms with Gasteiger partial charge in [-0.15, -0.1) is 0 Å². The zero-order chi connectivity index (χ0) is 12.3. The van der Waals surface area contributed by atoms with Crippen molar-refractivity contribution in [1.82, 2.24) is 5.32 Å². The monoisotopic (exact) mass is 228 g/mol. The van der Waals surface area contributed by atoms with Crippen molar-refractivity contribution >= 4 is 12.1 Å². The Morgan fingerprint density at radius 2 is 2.00 bits per heavy atom. The van der Waals surface area contributed by atoms with Gasteiger partial charge in [-0.05, 0) is 39.5 Å². The van der Waals surface area contributed by atoms with Gasteiger partial charge in [-0.3, -0.25) is 0 Å². The Balaban J connectivity index is 2.42. The summed E-state index contributed by atoms with van der Waals surface area (Å²) in [5, 5.41) is 13.1. The quantitative estimate of drug-likeness (QED) is 0.756. The van der Waals surface area contributed by atoms with Crippen LogP contribution < -0.4 is 10.4 Å². The fraction of sp³-hybridized carbons (Fsp3) is 0.818. The summed E-state index contributed by atoms with van der Waals surface area (Å²) in [5.41, 5.74) is -0.570. The summed E-state index contributed by atoms with van der Waals surface area (Å²) in [6.45, 7) is 5.28. The molecule has 5 nitrogen and oxygen atoms in total. The molecule has 0 saturated heterocycles. The molecule has 1 atom stereocenters. The van der Waals surface area contributed by atoms with Crippen molar-refractivity contribution in [3.63, 3.8) is 0 Å². The van der Waals surface area contributed by atoms with Crippen LogP contribution in [0, 0.1) is 5.92 Å². The first-order chi connectivity index (χ1) is 7.28. The predicted octanol–water partition coefficient (Wildman–Crippen LogP) is 0.430. The first kappa shape index (κ1) is 12.8. The number of hydrogen-bond donors (Lipinski definition) is 1. The normalized spacial score (nSPS) is 17.7. The van der Waals surface area contributed by atoms with Crippen LogP contribution in [0.5, 0.6) is 0 Å². The van der Waals surface area contributed by atoms with Gasteiger partial charge in [-0.25, -0.2) is 4.79 Å². The third-order valence-corrected chi connectivity index (χ3v) is 2.28. The maximum atomic E-state index is 11.4. The molecule has 0 bridgehead atoms. The summed E-state index contributed by atoms with van der Waals surface area (Å²) >= 11 is 0. The lowest BCUT2D eigenvalue weighted by atomic mass is 10.1. The topological polar surface area (TPSA) is 78.5 Å². The van der Waals surface area contributed by atoms with E-state index in [1.54, 1.807) is 20.8 Å². The second kappa shape index (κ2) is 4.72. The number of rotatable bonds is 4. The van der Waals surface area contributed by atoms with E-state index >= 15 is 0 Å². The molecule has 1 rings (SSSR count). The van der Waals surface area contributed by atoms with Crippen molar-refractivity contribution in [3.8, 4) is 0 Å². The molecule has 0 aromatic rings. The van der Waals surface area contributed by atoms with Crippen LogP contribution >= 0.6 is 0 Å². The van der Waals surface area contributed by atoms with Crippen LogP contribution in [0.2, 0.25) is 0 Å². The van der Waals surface area contributed by atoms with Gasteiger partial charge < -0.3 is 20.0 Å². The van der Waals surface area contributed by atoms with Gasteiger partial charge in [0.2, 0.25) is 0 Å². The zero-order valence-electron chi connectivity index (χ0n) is 9.91. The Kier molecular flexibility index (Phi) is 3.78. The molecule has 0 radical (unpaired) electrons. The van der Waals surface area contributed by atoms with Gasteiger partial charge in [-0.1, -0.05) is 0 Å². The number of ether oxygens (including phenoxy) is 1. The van der Waals surface area contributed by atoms with Gasteiger partial charge in [0.05, 0.1) is 0 Å². The molecule has 1 aliphatic rings. The Hall–Kier alpha value is -1.26. The molecular formula is C11H18NO4-. The lowest BCUT2D eigenvalue weighted by molar-refractivity contribution is -0.306. The van der Waals surface area contributed by atoms with Crippen molar-refractivity contribution in [1.29, 1.82) is 0 Å². The summed E-state index contributed by atoms with van der Waals surface area (Å²) in [5.74, 6) is -0.890. The maximum absolute atomic E-state index is 11.4. The molecule has 0 heterocycles. The van der Waals surface area contributed by atoms with Gasteiger partial charge >= 0.3 is 6.09 Å². The number of amides is 1. The number of aliphatic carboxylic acids is 1. The Labute approximate surface area is 95.2 Å². The molecule has 5 heteroatoms. The summed E-state index contributed by atoms with van der Waals surface area (Å²) in [6.07, 6.45) is 1.19. The number of nitrogens with one attached hydrogen (secondary N) is 1. The number of hydrogen-bond acceptors (Lipinski definition) is 4. The minimum absolute atomic E-state index is 0.149. The maximum Gasteiger partial charge on any atom is 0.407 e. The first-order valence-electron chi connectivity index (χ1n) is 5.47. The molecular weight excluding hydrogens is 210 g/mol. The lowest BCUT2D eigenvalue weighted by Crippen LogP contribution is -2.43. The van der Waals surface area contributed by atoms with Crippen LogP contribution in [0.4, 0.5) is 4.79 Å². The number of carbonyl (C=O) groups excluding carboxylic acids is 2. The van der Waals surface area contributed by atoms with E-state index in [4.69, 9.17) is 4.74 Å². The van der Waals surface area contributed by atoms with Crippen LogP contribution in [0.25, 0.3) is 0 Å². The lowest BCUT2D eigenvalue weighted by Gasteiger charge is -2.23. The van der Waals surface area contributed by atoms with Gasteiger partial charge in [0.25, 0.3) is 0 Å². The van der Waals surface area contributed by atoms with E-state index in [0.29, 0.717) is 0 Å². The summed E-state index contributed by atoms with van der Waals surface area (Å²) < 4.78 is 5.06. The van der Waals surface area contributed by atoms with Gasteiger partial charge in [0.15, 0.2) is 0 Å². The molecule has 0 spiro atoms. The number of carboxylic acid groups (broad SMARTS) is 1. The average molecular weight is 228 g/mol. The zero-order valence-corrected chi connectivity index (χ0v) is 9.91. The number of carboxylic acids is 1. The van der Waals surface area contributed by atoms with Crippen LogP contribution in [0.1, 0.15) is 40.0 Å². The van der Waals surface area contributed by atoms with E-state index in [2.05, 4.69) is 5.32 Å². The van der Waals surface area contributed by atoms with E-state index in [1.165, 1.54) is 0 Å². The van der Waals surface area contributed by atoms with E-state index in [-0.39, 0.29) is 18.4 Å². The molecule has 16 heavy (non-hydrogen) atoms. The van der Waals surface area contributed by atoms with Crippen molar-refractivity contribution in [2.24, 2.45) is 5.92 Å². The third-order valence-electron chi connectivity index (χ3n) is 2.28. The SMILES string of the molecule is CC(C)(C)OC(=O)N[C@@H](CC(=O)[O-])C1CC1. The van der Waals surface area contributed by atoms with Gasteiger partial charge in [0.1, 0.15) is 5.60 Å². The average Bonchev–Trinajstić information content (AvgIpc) is 2.78. The van der Waals surface area contributed by atoms with Gasteiger partial charge in [-0.2, -0.15) is 0 Å². The molecule has 1 saturated carbocycles. The highest BCUT2D eigenvalue weighted by atomic mass is 16.6. The second-order valence-electron chi connectivity index (χ2n) is 5.17. The largest absolute Gasteiger partial charge is 0.550 e. The Bertz CT molecular complexity index is 278. The molecule has 1 amide bonds. The minimum Gasteiger partial charge on any atom is -0.550 e. The fourth-order valence-corrected chi connectivity index (χ4v) is 1.47. The molecule has 0 unspecified atom stereocenters. The highest BCUT2D eigenvalue weighted by molar-refractivity contribution is 5.70. The smallest absolute Gasteiger partial charge is 0.407 e. The standard InChI is InChI=1S/C11H19NO4/c1-11(2,3)16-10(15)12-8(6-9(13)14)7-4-5-7/h7-8H,4-6H2,1-3H3,(H,12,15)(H,13,14)/p-1/t8-/m0/s1. The van der Waals surface area contributed by atoms with Crippen LogP contribution in [0.3, 0.4) is 0 Å². The molecule has 92 valence electrons. The van der Waals surface area contributed by atoms with E-state index < -0.39 is 17.7 Å². The van der Waals surface area contributed by atoms with Gasteiger partial charge in [0, 0.05) is 18.4 Å². The second-order valence-corrected chi connectivity index (χ2v) is 5.17. The summed E-state index contributed by atoms with van der Waals surface area (Å²) in [6, 6.07) is -0.361. The third kappa shape index (κ3) is 5.00. The van der Waals surface area contributed by atoms with E-state index in [0.717, 1.165) is 12.8 Å². The molecule has 0 aromatic carbocycles. The molecule has 1 fully saturated rings. The highest BCUT2D eigenvalue weighted by Gasteiger charge is 2.33. The van der Waals surface area contributed by atoms with Crippen LogP contribution in [0.15, 0.2) is 0 Å². The Morgan fingerprint density at radius 3 is 2.38 bits per heavy atom. The molecule has 1 N–H and O–H groups in total. The van der Waals surface area contributed by atoms with Crippen LogP contribution in [-0.4, -0.2) is 23.7 Å².